The zero-order chi connectivity index (χ0) is 17.2. The predicted molar refractivity (Wildman–Crippen MR) is 88.0 cm³/mol. The highest BCUT2D eigenvalue weighted by Crippen LogP contribution is 2.14. The lowest BCUT2D eigenvalue weighted by molar-refractivity contribution is 0.0938. The van der Waals surface area contributed by atoms with E-state index < -0.39 is 0 Å². The largest absolute Gasteiger partial charge is 0.342 e. The minimum atomic E-state index is -0.304. The van der Waals surface area contributed by atoms with Crippen LogP contribution in [0.3, 0.4) is 0 Å². The second-order valence-electron chi connectivity index (χ2n) is 5.49. The average molecular weight is 334 g/mol. The SMILES string of the molecule is CC(NC(=O)c1cccc(-n2cnnn2)c1)c1nnc2ccccn12. The van der Waals surface area contributed by atoms with Crippen LogP contribution in [0.1, 0.15) is 29.1 Å². The molecular weight excluding hydrogens is 320 g/mol. The normalized spacial score (nSPS) is 12.2. The fourth-order valence-corrected chi connectivity index (χ4v) is 2.57. The average Bonchev–Trinajstić information content (AvgIpc) is 3.31. The van der Waals surface area contributed by atoms with E-state index in [4.69, 9.17) is 0 Å². The molecule has 3 aromatic heterocycles. The van der Waals surface area contributed by atoms with Gasteiger partial charge in [0, 0.05) is 11.8 Å². The first-order valence-corrected chi connectivity index (χ1v) is 7.66. The van der Waals surface area contributed by atoms with E-state index in [2.05, 4.69) is 31.0 Å². The molecule has 25 heavy (non-hydrogen) atoms. The Morgan fingerprint density at radius 3 is 2.92 bits per heavy atom. The van der Waals surface area contributed by atoms with Crippen molar-refractivity contribution in [3.05, 3.63) is 66.4 Å². The van der Waals surface area contributed by atoms with E-state index >= 15 is 0 Å². The van der Waals surface area contributed by atoms with Crippen LogP contribution in [-0.2, 0) is 0 Å². The fraction of sp³-hybridized carbons (Fsp3) is 0.125. The van der Waals surface area contributed by atoms with Gasteiger partial charge in [-0.1, -0.05) is 12.1 Å². The number of nitrogens with one attached hydrogen (secondary N) is 1. The van der Waals surface area contributed by atoms with Crippen LogP contribution in [0.4, 0.5) is 0 Å². The molecule has 0 bridgehead atoms. The summed E-state index contributed by atoms with van der Waals surface area (Å²) in [5.74, 6) is 0.454. The van der Waals surface area contributed by atoms with Crippen molar-refractivity contribution >= 4 is 11.6 Å². The summed E-state index contributed by atoms with van der Waals surface area (Å²) in [4.78, 5) is 12.6. The summed E-state index contributed by atoms with van der Waals surface area (Å²) in [6.45, 7) is 1.87. The molecule has 0 spiro atoms. The van der Waals surface area contributed by atoms with Gasteiger partial charge in [0.1, 0.15) is 6.33 Å². The quantitative estimate of drug-likeness (QED) is 0.601. The van der Waals surface area contributed by atoms with E-state index in [9.17, 15) is 4.79 Å². The van der Waals surface area contributed by atoms with Crippen molar-refractivity contribution in [1.29, 1.82) is 0 Å². The number of rotatable bonds is 4. The molecule has 4 rings (SSSR count). The highest BCUT2D eigenvalue weighted by Gasteiger charge is 2.17. The first kappa shape index (κ1) is 14.9. The Hall–Kier alpha value is -3.62. The van der Waals surface area contributed by atoms with Crippen molar-refractivity contribution in [2.45, 2.75) is 13.0 Å². The van der Waals surface area contributed by atoms with Gasteiger partial charge in [-0.05, 0) is 47.7 Å². The van der Waals surface area contributed by atoms with E-state index in [1.165, 1.54) is 11.0 Å². The van der Waals surface area contributed by atoms with Crippen molar-refractivity contribution in [2.75, 3.05) is 0 Å². The van der Waals surface area contributed by atoms with Gasteiger partial charge in [-0.15, -0.1) is 15.3 Å². The molecule has 0 aliphatic heterocycles. The number of aromatic nitrogens is 7. The standard InChI is InChI=1S/C16H14N8O/c1-11(15-20-19-14-7-2-3-8-23(14)15)18-16(25)12-5-4-6-13(9-12)24-10-17-21-22-24/h2-11H,1H3,(H,18,25). The van der Waals surface area contributed by atoms with Gasteiger partial charge in [-0.3, -0.25) is 9.20 Å². The van der Waals surface area contributed by atoms with E-state index in [1.54, 1.807) is 18.2 Å². The Morgan fingerprint density at radius 1 is 1.16 bits per heavy atom. The van der Waals surface area contributed by atoms with E-state index in [0.717, 1.165) is 5.65 Å². The molecule has 0 fully saturated rings. The first-order valence-electron chi connectivity index (χ1n) is 7.66. The molecule has 0 aliphatic rings. The van der Waals surface area contributed by atoms with Gasteiger partial charge in [0.15, 0.2) is 11.5 Å². The van der Waals surface area contributed by atoms with Gasteiger partial charge in [0.25, 0.3) is 5.91 Å². The molecular formula is C16H14N8O. The summed E-state index contributed by atoms with van der Waals surface area (Å²) in [5.41, 5.74) is 1.95. The Balaban J connectivity index is 1.57. The minimum absolute atomic E-state index is 0.213. The highest BCUT2D eigenvalue weighted by molar-refractivity contribution is 5.94. The molecule has 1 amide bonds. The predicted octanol–water partition coefficient (Wildman–Crippen LogP) is 1.20. The third-order valence-electron chi connectivity index (χ3n) is 3.80. The van der Waals surface area contributed by atoms with Crippen LogP contribution in [0.2, 0.25) is 0 Å². The topological polar surface area (TPSA) is 103 Å². The number of pyridine rings is 1. The van der Waals surface area contributed by atoms with Gasteiger partial charge in [-0.25, -0.2) is 4.68 Å². The number of tetrazole rings is 1. The van der Waals surface area contributed by atoms with Gasteiger partial charge in [0.05, 0.1) is 11.7 Å². The lowest BCUT2D eigenvalue weighted by atomic mass is 10.1. The third-order valence-corrected chi connectivity index (χ3v) is 3.80. The van der Waals surface area contributed by atoms with Gasteiger partial charge in [0.2, 0.25) is 0 Å². The molecule has 0 radical (unpaired) electrons. The lowest BCUT2D eigenvalue weighted by Crippen LogP contribution is -2.28. The molecule has 1 aromatic carbocycles. The van der Waals surface area contributed by atoms with Crippen molar-refractivity contribution in [3.8, 4) is 5.69 Å². The fourth-order valence-electron chi connectivity index (χ4n) is 2.57. The monoisotopic (exact) mass is 334 g/mol. The highest BCUT2D eigenvalue weighted by atomic mass is 16.1. The van der Waals surface area contributed by atoms with Crippen molar-refractivity contribution in [3.63, 3.8) is 0 Å². The van der Waals surface area contributed by atoms with Crippen LogP contribution >= 0.6 is 0 Å². The maximum absolute atomic E-state index is 12.6. The van der Waals surface area contributed by atoms with Crippen LogP contribution in [0.25, 0.3) is 11.3 Å². The van der Waals surface area contributed by atoms with Crippen LogP contribution in [0.5, 0.6) is 0 Å². The summed E-state index contributed by atoms with van der Waals surface area (Å²) in [7, 11) is 0. The molecule has 9 heteroatoms. The lowest BCUT2D eigenvalue weighted by Gasteiger charge is -2.13. The summed E-state index contributed by atoms with van der Waals surface area (Å²) in [6, 6.07) is 12.4. The molecule has 0 saturated heterocycles. The molecule has 124 valence electrons. The minimum Gasteiger partial charge on any atom is -0.342 e. The Bertz CT molecular complexity index is 1020. The number of benzene rings is 1. The first-order chi connectivity index (χ1) is 12.2. The number of fused-ring (bicyclic) bond motifs is 1. The maximum Gasteiger partial charge on any atom is 0.251 e. The third kappa shape index (κ3) is 2.82. The van der Waals surface area contributed by atoms with Crippen LogP contribution < -0.4 is 5.32 Å². The summed E-state index contributed by atoms with van der Waals surface area (Å²) < 4.78 is 3.34. The molecule has 0 saturated carbocycles. The smallest absolute Gasteiger partial charge is 0.251 e. The van der Waals surface area contributed by atoms with Gasteiger partial charge >= 0.3 is 0 Å². The zero-order valence-corrected chi connectivity index (χ0v) is 13.3. The molecule has 1 unspecified atom stereocenters. The van der Waals surface area contributed by atoms with E-state index in [0.29, 0.717) is 17.1 Å². The number of nitrogens with zero attached hydrogens (tertiary/aromatic N) is 7. The Kier molecular flexibility index (Phi) is 3.65. The van der Waals surface area contributed by atoms with Gasteiger partial charge < -0.3 is 5.32 Å². The van der Waals surface area contributed by atoms with Crippen LogP contribution in [0.15, 0.2) is 55.0 Å². The molecule has 3 heterocycles. The summed E-state index contributed by atoms with van der Waals surface area (Å²) in [5, 5.41) is 22.2. The molecule has 9 nitrogen and oxygen atoms in total. The number of carbonyl (C=O) groups excluding carboxylic acids is 1. The van der Waals surface area contributed by atoms with E-state index in [-0.39, 0.29) is 11.9 Å². The summed E-state index contributed by atoms with van der Waals surface area (Å²) in [6.07, 6.45) is 3.34. The Morgan fingerprint density at radius 2 is 2.08 bits per heavy atom. The maximum atomic E-state index is 12.6. The molecule has 4 aromatic rings. The summed E-state index contributed by atoms with van der Waals surface area (Å²) >= 11 is 0. The Labute approximate surface area is 142 Å². The number of carbonyl (C=O) groups is 1. The second kappa shape index (κ2) is 6.11. The number of hydrogen-bond acceptors (Lipinski definition) is 6. The molecule has 1 atom stereocenters. The van der Waals surface area contributed by atoms with Gasteiger partial charge in [-0.2, -0.15) is 0 Å². The van der Waals surface area contributed by atoms with E-state index in [1.807, 2.05) is 41.8 Å². The molecule has 0 aliphatic carbocycles. The number of hydrogen-bond donors (Lipinski definition) is 1. The molecule has 1 N–H and O–H groups in total. The number of amides is 1. The van der Waals surface area contributed by atoms with Crippen molar-refractivity contribution < 1.29 is 4.79 Å². The van der Waals surface area contributed by atoms with Crippen LogP contribution in [0, 0.1) is 0 Å². The zero-order valence-electron chi connectivity index (χ0n) is 13.3. The van der Waals surface area contributed by atoms with Crippen molar-refractivity contribution in [1.82, 2.24) is 40.1 Å². The van der Waals surface area contributed by atoms with Crippen molar-refractivity contribution in [2.24, 2.45) is 0 Å². The van der Waals surface area contributed by atoms with Crippen LogP contribution in [-0.4, -0.2) is 40.7 Å². The second-order valence-corrected chi connectivity index (χ2v) is 5.49.